The minimum Gasteiger partial charge on any atom is -0.462 e. The van der Waals surface area contributed by atoms with Gasteiger partial charge in [0.15, 0.2) is 6.10 Å². The summed E-state index contributed by atoms with van der Waals surface area (Å²) in [4.78, 5) is 34.6. The molecular weight excluding hydrogens is 593 g/mol. The molecule has 0 spiro atoms. The summed E-state index contributed by atoms with van der Waals surface area (Å²) >= 11 is 0. The van der Waals surface area contributed by atoms with Crippen molar-refractivity contribution in [2.45, 2.75) is 174 Å². The van der Waals surface area contributed by atoms with Crippen LogP contribution < -0.4 is 5.73 Å². The van der Waals surface area contributed by atoms with Gasteiger partial charge in [0.2, 0.25) is 0 Å². The molecule has 0 aromatic rings. The van der Waals surface area contributed by atoms with Crippen molar-refractivity contribution in [3.63, 3.8) is 0 Å². The highest BCUT2D eigenvalue weighted by Gasteiger charge is 2.25. The van der Waals surface area contributed by atoms with Crippen LogP contribution in [0.15, 0.2) is 12.2 Å². The first-order valence-corrected chi connectivity index (χ1v) is 19.7. The highest BCUT2D eigenvalue weighted by atomic mass is 31.2. The second-order valence-corrected chi connectivity index (χ2v) is 13.5. The van der Waals surface area contributed by atoms with Gasteiger partial charge in [-0.3, -0.25) is 18.6 Å². The predicted molar refractivity (Wildman–Crippen MR) is 183 cm³/mol. The van der Waals surface area contributed by atoms with Crippen LogP contribution in [0, 0.1) is 0 Å². The molecule has 45 heavy (non-hydrogen) atoms. The van der Waals surface area contributed by atoms with Crippen molar-refractivity contribution < 1.29 is 37.6 Å². The van der Waals surface area contributed by atoms with Crippen LogP contribution >= 0.6 is 7.82 Å². The van der Waals surface area contributed by atoms with E-state index in [2.05, 4.69) is 26.0 Å². The van der Waals surface area contributed by atoms with E-state index in [1.807, 2.05) is 0 Å². The molecule has 0 aromatic heterocycles. The van der Waals surface area contributed by atoms with E-state index < -0.39 is 26.5 Å². The van der Waals surface area contributed by atoms with Gasteiger partial charge in [-0.05, 0) is 38.5 Å². The number of nitrogens with two attached hydrogens (primary N) is 1. The molecule has 0 rings (SSSR count). The number of ether oxygens (including phenoxy) is 2. The van der Waals surface area contributed by atoms with Crippen LogP contribution in [0.4, 0.5) is 0 Å². The minimum atomic E-state index is -4.36. The van der Waals surface area contributed by atoms with E-state index in [0.29, 0.717) is 6.42 Å². The summed E-state index contributed by atoms with van der Waals surface area (Å²) in [7, 11) is -4.36. The van der Waals surface area contributed by atoms with Crippen molar-refractivity contribution in [2.75, 3.05) is 26.4 Å². The third-order valence-corrected chi connectivity index (χ3v) is 8.64. The van der Waals surface area contributed by atoms with Gasteiger partial charge < -0.3 is 20.1 Å². The highest BCUT2D eigenvalue weighted by molar-refractivity contribution is 7.47. The lowest BCUT2D eigenvalue weighted by Crippen LogP contribution is -2.29. The van der Waals surface area contributed by atoms with E-state index in [1.54, 1.807) is 0 Å². The molecule has 0 heterocycles. The van der Waals surface area contributed by atoms with Gasteiger partial charge in [-0.25, -0.2) is 4.57 Å². The van der Waals surface area contributed by atoms with Crippen molar-refractivity contribution in [1.29, 1.82) is 0 Å². The van der Waals surface area contributed by atoms with Crippen molar-refractivity contribution in [3.05, 3.63) is 12.2 Å². The Morgan fingerprint density at radius 1 is 0.644 bits per heavy atom. The Morgan fingerprint density at radius 3 is 1.58 bits per heavy atom. The quantitative estimate of drug-likeness (QED) is 0.0299. The lowest BCUT2D eigenvalue weighted by molar-refractivity contribution is -0.161. The molecule has 0 saturated heterocycles. The molecule has 0 radical (unpaired) electrons. The number of phosphoric ester groups is 1. The molecule has 0 bridgehead atoms. The Bertz CT molecular complexity index is 764. The SMILES string of the molecule is CCCCCCC/C=C\CCCCCCCC(=O)OC(COC(=O)CCCCCCCCCCCC)COP(=O)(O)OCCN. The molecule has 9 nitrogen and oxygen atoms in total. The largest absolute Gasteiger partial charge is 0.472 e. The lowest BCUT2D eigenvalue weighted by Gasteiger charge is -2.19. The molecule has 0 amide bonds. The van der Waals surface area contributed by atoms with Crippen LogP contribution in [0.3, 0.4) is 0 Å². The fraction of sp³-hybridized carbons (Fsp3) is 0.886. The number of rotatable bonds is 34. The van der Waals surface area contributed by atoms with Gasteiger partial charge in [-0.2, -0.15) is 0 Å². The highest BCUT2D eigenvalue weighted by Crippen LogP contribution is 2.43. The van der Waals surface area contributed by atoms with Crippen molar-refractivity contribution in [2.24, 2.45) is 5.73 Å². The summed E-state index contributed by atoms with van der Waals surface area (Å²) in [5.41, 5.74) is 5.32. The molecule has 10 heteroatoms. The number of hydrogen-bond acceptors (Lipinski definition) is 8. The van der Waals surface area contributed by atoms with E-state index in [9.17, 15) is 19.0 Å². The molecule has 0 fully saturated rings. The summed E-state index contributed by atoms with van der Waals surface area (Å²) < 4.78 is 32.5. The van der Waals surface area contributed by atoms with Gasteiger partial charge in [-0.1, -0.05) is 129 Å². The summed E-state index contributed by atoms with van der Waals surface area (Å²) in [6.45, 7) is 3.69. The first kappa shape index (κ1) is 43.8. The summed E-state index contributed by atoms with van der Waals surface area (Å²) in [5.74, 6) is -0.837. The summed E-state index contributed by atoms with van der Waals surface area (Å²) in [5, 5.41) is 0. The molecule has 0 aliphatic carbocycles. The van der Waals surface area contributed by atoms with Gasteiger partial charge in [0, 0.05) is 19.4 Å². The number of esters is 2. The summed E-state index contributed by atoms with van der Waals surface area (Å²) in [6.07, 6.45) is 29.5. The van der Waals surface area contributed by atoms with Crippen molar-refractivity contribution in [3.8, 4) is 0 Å². The molecule has 2 unspecified atom stereocenters. The molecule has 0 aromatic carbocycles. The number of carbonyl (C=O) groups excluding carboxylic acids is 2. The monoisotopic (exact) mass is 661 g/mol. The van der Waals surface area contributed by atoms with Gasteiger partial charge in [0.25, 0.3) is 0 Å². The maximum atomic E-state index is 12.5. The van der Waals surface area contributed by atoms with E-state index in [-0.39, 0.29) is 38.6 Å². The van der Waals surface area contributed by atoms with Crippen LogP contribution in [0.1, 0.15) is 168 Å². The zero-order valence-electron chi connectivity index (χ0n) is 28.9. The molecule has 0 aliphatic rings. The number of phosphoric acid groups is 1. The number of carbonyl (C=O) groups is 2. The fourth-order valence-corrected chi connectivity index (χ4v) is 5.69. The second-order valence-electron chi connectivity index (χ2n) is 12.1. The van der Waals surface area contributed by atoms with Crippen LogP contribution in [0.5, 0.6) is 0 Å². The van der Waals surface area contributed by atoms with Crippen LogP contribution in [-0.4, -0.2) is 49.3 Å². The first-order valence-electron chi connectivity index (χ1n) is 18.2. The Kier molecular flexibility index (Phi) is 31.8. The Hall–Kier alpha value is -1.25. The molecule has 0 saturated carbocycles. The molecular formula is C35H68NO8P. The Balaban J connectivity index is 4.25. The smallest absolute Gasteiger partial charge is 0.462 e. The molecule has 2 atom stereocenters. The lowest BCUT2D eigenvalue weighted by atomic mass is 10.1. The first-order chi connectivity index (χ1) is 21.8. The number of hydrogen-bond donors (Lipinski definition) is 2. The van der Waals surface area contributed by atoms with Crippen LogP contribution in [0.25, 0.3) is 0 Å². The third-order valence-electron chi connectivity index (χ3n) is 7.65. The number of allylic oxidation sites excluding steroid dienone is 2. The molecule has 266 valence electrons. The van der Waals surface area contributed by atoms with Crippen LogP contribution in [0.2, 0.25) is 0 Å². The third kappa shape index (κ3) is 32.5. The minimum absolute atomic E-state index is 0.0544. The van der Waals surface area contributed by atoms with Gasteiger partial charge >= 0.3 is 19.8 Å². The normalized spacial score (nSPS) is 13.6. The average Bonchev–Trinajstić information content (AvgIpc) is 3.02. The average molecular weight is 662 g/mol. The maximum absolute atomic E-state index is 12.5. The van der Waals surface area contributed by atoms with E-state index in [0.717, 1.165) is 51.4 Å². The fourth-order valence-electron chi connectivity index (χ4n) is 4.92. The predicted octanol–water partition coefficient (Wildman–Crippen LogP) is 9.49. The Labute approximate surface area is 275 Å². The van der Waals surface area contributed by atoms with Gasteiger partial charge in [-0.15, -0.1) is 0 Å². The Morgan fingerprint density at radius 2 is 1.09 bits per heavy atom. The van der Waals surface area contributed by atoms with Crippen LogP contribution in [-0.2, 0) is 32.7 Å². The maximum Gasteiger partial charge on any atom is 0.472 e. The second kappa shape index (κ2) is 32.7. The summed E-state index contributed by atoms with van der Waals surface area (Å²) in [6, 6.07) is 0. The zero-order valence-corrected chi connectivity index (χ0v) is 29.8. The van der Waals surface area contributed by atoms with E-state index in [4.69, 9.17) is 24.3 Å². The number of unbranched alkanes of at least 4 members (excludes halogenated alkanes) is 19. The molecule has 0 aliphatic heterocycles. The van der Waals surface area contributed by atoms with Crippen molar-refractivity contribution in [1.82, 2.24) is 0 Å². The zero-order chi connectivity index (χ0) is 33.3. The van der Waals surface area contributed by atoms with E-state index in [1.165, 1.54) is 83.5 Å². The van der Waals surface area contributed by atoms with Gasteiger partial charge in [0.1, 0.15) is 6.61 Å². The standard InChI is InChI=1S/C35H68NO8P/c1-3-5-7-9-11-13-15-16-17-18-20-22-24-26-28-35(38)44-33(32-43-45(39,40)42-30-29-36)31-41-34(37)27-25-23-21-19-14-12-10-8-6-4-2/h15-16,33H,3-14,17-32,36H2,1-2H3,(H,39,40)/b16-15-. The molecule has 3 N–H and O–H groups in total. The van der Waals surface area contributed by atoms with Crippen molar-refractivity contribution >= 4 is 19.8 Å². The van der Waals surface area contributed by atoms with Gasteiger partial charge in [0.05, 0.1) is 13.2 Å². The van der Waals surface area contributed by atoms with E-state index >= 15 is 0 Å². The topological polar surface area (TPSA) is 134 Å².